The van der Waals surface area contributed by atoms with Crippen molar-refractivity contribution in [3.05, 3.63) is 57.3 Å². The first-order valence-corrected chi connectivity index (χ1v) is 7.67. The fraction of sp³-hybridized carbons (Fsp3) is 0.214. The molecule has 0 atom stereocenters. The van der Waals surface area contributed by atoms with Crippen molar-refractivity contribution < 1.29 is 9.53 Å². The molecule has 2 aromatic rings. The highest BCUT2D eigenvalue weighted by Crippen LogP contribution is 2.16. The fourth-order valence-electron chi connectivity index (χ4n) is 1.76. The van der Waals surface area contributed by atoms with Gasteiger partial charge < -0.3 is 9.72 Å². The van der Waals surface area contributed by atoms with Crippen LogP contribution in [0.2, 0.25) is 0 Å². The Morgan fingerprint density at radius 2 is 2.16 bits per heavy atom. The van der Waals surface area contributed by atoms with Gasteiger partial charge in [-0.2, -0.15) is 0 Å². The molecule has 100 valence electrons. The first-order valence-electron chi connectivity index (χ1n) is 5.76. The van der Waals surface area contributed by atoms with Crippen molar-refractivity contribution in [3.63, 3.8) is 0 Å². The third kappa shape index (κ3) is 3.70. The lowest BCUT2D eigenvalue weighted by Gasteiger charge is -2.05. The molecule has 1 heterocycles. The Balaban J connectivity index is 2.03. The summed E-state index contributed by atoms with van der Waals surface area (Å²) in [6.45, 7) is 2.15. The van der Waals surface area contributed by atoms with Crippen LogP contribution in [-0.2, 0) is 16.7 Å². The predicted octanol–water partition coefficient (Wildman–Crippen LogP) is 4.34. The minimum absolute atomic E-state index is 0.264. The van der Waals surface area contributed by atoms with Crippen LogP contribution >= 0.6 is 31.9 Å². The molecule has 3 nitrogen and oxygen atoms in total. The summed E-state index contributed by atoms with van der Waals surface area (Å²) in [5, 5.41) is 0.687. The van der Waals surface area contributed by atoms with Gasteiger partial charge in [-0.1, -0.05) is 44.0 Å². The van der Waals surface area contributed by atoms with E-state index in [0.29, 0.717) is 11.0 Å². The SMILES string of the molecule is Cc1cc(CBr)[nH]c1C(=O)OCc1cccc(Br)c1. The number of ether oxygens (including phenoxy) is 1. The van der Waals surface area contributed by atoms with Gasteiger partial charge in [-0.3, -0.25) is 0 Å². The molecule has 0 saturated carbocycles. The molecule has 0 aliphatic carbocycles. The second kappa shape index (κ2) is 6.39. The van der Waals surface area contributed by atoms with E-state index in [4.69, 9.17) is 4.74 Å². The van der Waals surface area contributed by atoms with Crippen molar-refractivity contribution in [1.82, 2.24) is 4.98 Å². The molecule has 0 unspecified atom stereocenters. The van der Waals surface area contributed by atoms with E-state index in [-0.39, 0.29) is 12.6 Å². The number of carbonyl (C=O) groups is 1. The highest BCUT2D eigenvalue weighted by atomic mass is 79.9. The molecule has 1 N–H and O–H groups in total. The first-order chi connectivity index (χ1) is 9.10. The largest absolute Gasteiger partial charge is 0.456 e. The molecule has 2 rings (SSSR count). The van der Waals surface area contributed by atoms with Crippen molar-refractivity contribution in [1.29, 1.82) is 0 Å². The smallest absolute Gasteiger partial charge is 0.355 e. The number of benzene rings is 1. The number of aromatic nitrogens is 1. The molecule has 1 aromatic heterocycles. The van der Waals surface area contributed by atoms with Gasteiger partial charge in [0.1, 0.15) is 12.3 Å². The Hall–Kier alpha value is -1.07. The molecule has 0 radical (unpaired) electrons. The van der Waals surface area contributed by atoms with Crippen LogP contribution in [0.1, 0.15) is 27.3 Å². The molecule has 0 amide bonds. The topological polar surface area (TPSA) is 42.1 Å². The molecule has 0 spiro atoms. The number of carbonyl (C=O) groups excluding carboxylic acids is 1. The molecule has 5 heteroatoms. The third-order valence-corrected chi connectivity index (χ3v) is 3.78. The number of H-pyrrole nitrogens is 1. The van der Waals surface area contributed by atoms with Gasteiger partial charge in [0.25, 0.3) is 0 Å². The number of rotatable bonds is 4. The highest BCUT2D eigenvalue weighted by molar-refractivity contribution is 9.10. The number of nitrogens with one attached hydrogen (secondary N) is 1. The van der Waals surface area contributed by atoms with E-state index in [2.05, 4.69) is 36.8 Å². The van der Waals surface area contributed by atoms with Gasteiger partial charge in [-0.25, -0.2) is 4.79 Å². The average molecular weight is 387 g/mol. The maximum atomic E-state index is 12.0. The normalized spacial score (nSPS) is 10.5. The molecule has 0 saturated heterocycles. The predicted molar refractivity (Wildman–Crippen MR) is 81.4 cm³/mol. The number of aromatic amines is 1. The van der Waals surface area contributed by atoms with Crippen LogP contribution in [0, 0.1) is 6.92 Å². The lowest BCUT2D eigenvalue weighted by atomic mass is 10.2. The summed E-state index contributed by atoms with van der Waals surface area (Å²) in [6.07, 6.45) is 0. The van der Waals surface area contributed by atoms with Crippen molar-refractivity contribution in [2.24, 2.45) is 0 Å². The lowest BCUT2D eigenvalue weighted by Crippen LogP contribution is -2.07. The zero-order valence-corrected chi connectivity index (χ0v) is 13.5. The van der Waals surface area contributed by atoms with Crippen LogP contribution in [0.5, 0.6) is 0 Å². The Bertz CT molecular complexity index is 593. The molecule has 0 fully saturated rings. The number of aryl methyl sites for hydroxylation is 1. The van der Waals surface area contributed by atoms with E-state index in [1.807, 2.05) is 37.3 Å². The fourth-order valence-corrected chi connectivity index (χ4v) is 2.51. The van der Waals surface area contributed by atoms with Crippen molar-refractivity contribution in [3.8, 4) is 0 Å². The number of hydrogen-bond donors (Lipinski definition) is 1. The summed E-state index contributed by atoms with van der Waals surface area (Å²) in [5.41, 5.74) is 3.33. The van der Waals surface area contributed by atoms with Crippen molar-refractivity contribution in [2.45, 2.75) is 18.9 Å². The summed E-state index contributed by atoms with van der Waals surface area (Å²) < 4.78 is 6.27. The van der Waals surface area contributed by atoms with E-state index in [1.165, 1.54) is 0 Å². The van der Waals surface area contributed by atoms with Gasteiger partial charge >= 0.3 is 5.97 Å². The van der Waals surface area contributed by atoms with Gasteiger partial charge in [-0.05, 0) is 36.2 Å². The zero-order valence-electron chi connectivity index (χ0n) is 10.4. The van der Waals surface area contributed by atoms with Gasteiger partial charge in [0, 0.05) is 15.5 Å². The summed E-state index contributed by atoms with van der Waals surface area (Å²) >= 11 is 6.74. The molecule has 0 aliphatic heterocycles. The standard InChI is InChI=1S/C14H13Br2NO2/c1-9-5-12(7-15)17-13(9)14(18)19-8-10-3-2-4-11(16)6-10/h2-6,17H,7-8H2,1H3. The van der Waals surface area contributed by atoms with Gasteiger partial charge in [0.15, 0.2) is 0 Å². The van der Waals surface area contributed by atoms with Crippen LogP contribution < -0.4 is 0 Å². The average Bonchev–Trinajstić information content (AvgIpc) is 2.77. The van der Waals surface area contributed by atoms with Crippen molar-refractivity contribution in [2.75, 3.05) is 0 Å². The molecule has 1 aromatic carbocycles. The molecular formula is C14H13Br2NO2. The Kier molecular flexibility index (Phi) is 4.82. The number of alkyl halides is 1. The maximum absolute atomic E-state index is 12.0. The summed E-state index contributed by atoms with van der Waals surface area (Å²) in [7, 11) is 0. The summed E-state index contributed by atoms with van der Waals surface area (Å²) in [4.78, 5) is 15.0. The van der Waals surface area contributed by atoms with E-state index in [0.717, 1.165) is 21.3 Å². The second-order valence-corrected chi connectivity index (χ2v) is 5.67. The zero-order chi connectivity index (χ0) is 13.8. The Labute approximate surface area is 128 Å². The minimum atomic E-state index is -0.329. The number of hydrogen-bond acceptors (Lipinski definition) is 2. The van der Waals surface area contributed by atoms with E-state index in [1.54, 1.807) is 0 Å². The Morgan fingerprint density at radius 3 is 2.79 bits per heavy atom. The lowest BCUT2D eigenvalue weighted by molar-refractivity contribution is 0.0465. The summed E-state index contributed by atoms with van der Waals surface area (Å²) in [6, 6.07) is 9.63. The quantitative estimate of drug-likeness (QED) is 0.627. The second-order valence-electron chi connectivity index (χ2n) is 4.19. The summed E-state index contributed by atoms with van der Waals surface area (Å²) in [5.74, 6) is -0.329. The molecule has 19 heavy (non-hydrogen) atoms. The van der Waals surface area contributed by atoms with E-state index < -0.39 is 0 Å². The van der Waals surface area contributed by atoms with E-state index >= 15 is 0 Å². The van der Waals surface area contributed by atoms with Crippen LogP contribution in [0.15, 0.2) is 34.8 Å². The maximum Gasteiger partial charge on any atom is 0.355 e. The third-order valence-electron chi connectivity index (χ3n) is 2.68. The van der Waals surface area contributed by atoms with Crippen LogP contribution in [0.4, 0.5) is 0 Å². The van der Waals surface area contributed by atoms with Crippen LogP contribution in [0.25, 0.3) is 0 Å². The molecule has 0 bridgehead atoms. The van der Waals surface area contributed by atoms with Gasteiger partial charge in [0.05, 0.1) is 0 Å². The van der Waals surface area contributed by atoms with Gasteiger partial charge in [0.2, 0.25) is 0 Å². The molecular weight excluding hydrogens is 374 g/mol. The van der Waals surface area contributed by atoms with Gasteiger partial charge in [-0.15, -0.1) is 0 Å². The Morgan fingerprint density at radius 1 is 1.37 bits per heavy atom. The minimum Gasteiger partial charge on any atom is -0.456 e. The van der Waals surface area contributed by atoms with Crippen molar-refractivity contribution >= 4 is 37.8 Å². The first kappa shape index (κ1) is 14.3. The highest BCUT2D eigenvalue weighted by Gasteiger charge is 2.14. The molecule has 0 aliphatic rings. The van der Waals surface area contributed by atoms with E-state index in [9.17, 15) is 4.79 Å². The van der Waals surface area contributed by atoms with Crippen LogP contribution in [0.3, 0.4) is 0 Å². The van der Waals surface area contributed by atoms with Crippen LogP contribution in [-0.4, -0.2) is 11.0 Å². The number of halogens is 2. The number of esters is 1. The monoisotopic (exact) mass is 385 g/mol.